The van der Waals surface area contributed by atoms with Crippen LogP contribution in [0.4, 0.5) is 13.2 Å². The van der Waals surface area contributed by atoms with Crippen LogP contribution < -0.4 is 5.32 Å². The Kier molecular flexibility index (Phi) is 3.66. The highest BCUT2D eigenvalue weighted by molar-refractivity contribution is 7.17. The van der Waals surface area contributed by atoms with Gasteiger partial charge in [-0.15, -0.1) is 11.3 Å². The van der Waals surface area contributed by atoms with E-state index >= 15 is 0 Å². The summed E-state index contributed by atoms with van der Waals surface area (Å²) in [5, 5.41) is 13.8. The quantitative estimate of drug-likeness (QED) is 0.913. The van der Waals surface area contributed by atoms with Gasteiger partial charge in [0.15, 0.2) is 0 Å². The summed E-state index contributed by atoms with van der Waals surface area (Å²) in [5.74, 6) is -1.83. The summed E-state index contributed by atoms with van der Waals surface area (Å²) in [6, 6.07) is 4.86. The van der Waals surface area contributed by atoms with E-state index in [1.807, 2.05) is 10.7 Å². The molecule has 1 aromatic heterocycles. The first-order valence-electron chi connectivity index (χ1n) is 5.42. The molecule has 2 N–H and O–H groups in total. The average molecular weight is 289 g/mol. The Bertz CT molecular complexity index is 607. The third-order valence-corrected chi connectivity index (χ3v) is 3.59. The van der Waals surface area contributed by atoms with Gasteiger partial charge in [0, 0.05) is 11.2 Å². The predicted molar refractivity (Wildman–Crippen MR) is 66.3 cm³/mol. The van der Waals surface area contributed by atoms with Crippen LogP contribution in [0, 0.1) is 0 Å². The number of aromatic hydroxyl groups is 1. The number of benzene rings is 1. The summed E-state index contributed by atoms with van der Waals surface area (Å²) < 4.78 is 36.9. The highest BCUT2D eigenvalue weighted by Crippen LogP contribution is 2.29. The second kappa shape index (κ2) is 5.08. The molecular weight excluding hydrogens is 279 g/mol. The lowest BCUT2D eigenvalue weighted by molar-refractivity contribution is -0.173. The second-order valence-electron chi connectivity index (χ2n) is 3.95. The van der Waals surface area contributed by atoms with Crippen LogP contribution in [-0.4, -0.2) is 23.7 Å². The molecule has 2 rings (SSSR count). The summed E-state index contributed by atoms with van der Waals surface area (Å²) in [6.07, 6.45) is -4.57. The van der Waals surface area contributed by atoms with Gasteiger partial charge < -0.3 is 10.4 Å². The molecule has 0 radical (unpaired) electrons. The van der Waals surface area contributed by atoms with Crippen molar-refractivity contribution in [2.75, 3.05) is 6.54 Å². The van der Waals surface area contributed by atoms with Crippen LogP contribution in [0.1, 0.15) is 5.56 Å². The van der Waals surface area contributed by atoms with Crippen LogP contribution in [0.2, 0.25) is 0 Å². The topological polar surface area (TPSA) is 49.3 Å². The first kappa shape index (κ1) is 13.7. The highest BCUT2D eigenvalue weighted by Gasteiger charge is 2.38. The fourth-order valence-corrected chi connectivity index (χ4v) is 2.65. The van der Waals surface area contributed by atoms with Gasteiger partial charge in [0.1, 0.15) is 5.75 Å². The molecule has 1 heterocycles. The number of phenols is 1. The van der Waals surface area contributed by atoms with Crippen molar-refractivity contribution >= 4 is 27.3 Å². The van der Waals surface area contributed by atoms with Gasteiger partial charge in [0.25, 0.3) is 0 Å². The molecule has 0 saturated heterocycles. The fourth-order valence-electron chi connectivity index (χ4n) is 1.67. The maximum atomic E-state index is 12.0. The fraction of sp³-hybridized carbons (Fsp3) is 0.250. The Balaban J connectivity index is 2.03. The number of carbonyl (C=O) groups excluding carboxylic acids is 1. The number of hydrogen-bond acceptors (Lipinski definition) is 3. The van der Waals surface area contributed by atoms with Gasteiger partial charge in [-0.1, -0.05) is 0 Å². The summed E-state index contributed by atoms with van der Waals surface area (Å²) in [5.41, 5.74) is 0.804. The molecule has 102 valence electrons. The van der Waals surface area contributed by atoms with E-state index in [2.05, 4.69) is 0 Å². The lowest BCUT2D eigenvalue weighted by Crippen LogP contribution is -2.37. The molecule has 2 aromatic rings. The van der Waals surface area contributed by atoms with E-state index in [0.717, 1.165) is 15.6 Å². The Labute approximate surface area is 110 Å². The molecule has 1 amide bonds. The number of thiophene rings is 1. The van der Waals surface area contributed by atoms with Crippen molar-refractivity contribution < 1.29 is 23.1 Å². The largest absolute Gasteiger partial charge is 0.508 e. The van der Waals surface area contributed by atoms with Gasteiger partial charge in [-0.3, -0.25) is 4.79 Å². The summed E-state index contributed by atoms with van der Waals surface area (Å²) >= 11 is 1.44. The van der Waals surface area contributed by atoms with Crippen molar-refractivity contribution in [2.24, 2.45) is 0 Å². The molecule has 3 nitrogen and oxygen atoms in total. The molecule has 0 unspecified atom stereocenters. The van der Waals surface area contributed by atoms with Crippen LogP contribution >= 0.6 is 11.3 Å². The number of fused-ring (bicyclic) bond motifs is 1. The minimum atomic E-state index is -4.85. The number of halogens is 3. The molecular formula is C12H10F3NO2S. The van der Waals surface area contributed by atoms with Gasteiger partial charge >= 0.3 is 12.1 Å². The van der Waals surface area contributed by atoms with E-state index < -0.39 is 12.1 Å². The highest BCUT2D eigenvalue weighted by atomic mass is 32.1. The maximum absolute atomic E-state index is 12.0. The van der Waals surface area contributed by atoms with E-state index in [9.17, 15) is 23.1 Å². The SMILES string of the molecule is O=C(NCCc1csc2ccc(O)cc12)C(F)(F)F. The molecule has 19 heavy (non-hydrogen) atoms. The van der Waals surface area contributed by atoms with Crippen molar-refractivity contribution in [3.05, 3.63) is 29.1 Å². The van der Waals surface area contributed by atoms with Crippen LogP contribution in [0.5, 0.6) is 5.75 Å². The predicted octanol–water partition coefficient (Wildman–Crippen LogP) is 2.83. The van der Waals surface area contributed by atoms with Crippen molar-refractivity contribution in [3.8, 4) is 5.75 Å². The zero-order chi connectivity index (χ0) is 14.0. The zero-order valence-corrected chi connectivity index (χ0v) is 10.4. The van der Waals surface area contributed by atoms with Gasteiger partial charge in [-0.25, -0.2) is 0 Å². The Morgan fingerprint density at radius 3 is 2.79 bits per heavy atom. The molecule has 0 aliphatic heterocycles. The van der Waals surface area contributed by atoms with Gasteiger partial charge in [-0.2, -0.15) is 13.2 Å². The Morgan fingerprint density at radius 1 is 1.37 bits per heavy atom. The monoisotopic (exact) mass is 289 g/mol. The number of phenolic OH excluding ortho intramolecular Hbond substituents is 1. The van der Waals surface area contributed by atoms with Gasteiger partial charge in [0.05, 0.1) is 0 Å². The number of alkyl halides is 3. The van der Waals surface area contributed by atoms with E-state index in [0.29, 0.717) is 0 Å². The lowest BCUT2D eigenvalue weighted by Gasteiger charge is -2.07. The van der Waals surface area contributed by atoms with Crippen LogP contribution in [0.15, 0.2) is 23.6 Å². The normalized spacial score (nSPS) is 11.7. The minimum Gasteiger partial charge on any atom is -0.508 e. The number of hydrogen-bond donors (Lipinski definition) is 2. The smallest absolute Gasteiger partial charge is 0.471 e. The molecule has 1 aromatic carbocycles. The number of amides is 1. The van der Waals surface area contributed by atoms with E-state index in [1.165, 1.54) is 11.3 Å². The molecule has 0 aliphatic rings. The standard InChI is InChI=1S/C12H10F3NO2S/c13-12(14,15)11(18)16-4-3-7-6-19-10-2-1-8(17)5-9(7)10/h1-2,5-6,17H,3-4H2,(H,16,18). The van der Waals surface area contributed by atoms with Crippen molar-refractivity contribution in [3.63, 3.8) is 0 Å². The van der Waals surface area contributed by atoms with E-state index in [-0.39, 0.29) is 18.7 Å². The van der Waals surface area contributed by atoms with Crippen LogP contribution in [-0.2, 0) is 11.2 Å². The number of carbonyl (C=O) groups is 1. The first-order chi connectivity index (χ1) is 8.88. The lowest BCUT2D eigenvalue weighted by atomic mass is 10.1. The number of nitrogens with one attached hydrogen (secondary N) is 1. The molecule has 7 heteroatoms. The zero-order valence-electron chi connectivity index (χ0n) is 9.62. The molecule has 0 fully saturated rings. The number of rotatable bonds is 3. The molecule has 0 atom stereocenters. The van der Waals surface area contributed by atoms with Crippen molar-refractivity contribution in [1.29, 1.82) is 0 Å². The van der Waals surface area contributed by atoms with Crippen molar-refractivity contribution in [1.82, 2.24) is 5.32 Å². The van der Waals surface area contributed by atoms with Gasteiger partial charge in [-0.05, 0) is 40.9 Å². The maximum Gasteiger partial charge on any atom is 0.471 e. The second-order valence-corrected chi connectivity index (χ2v) is 4.86. The molecule has 0 bridgehead atoms. The summed E-state index contributed by atoms with van der Waals surface area (Å²) in [7, 11) is 0. The van der Waals surface area contributed by atoms with Crippen LogP contribution in [0.3, 0.4) is 0 Å². The molecule has 0 saturated carbocycles. The van der Waals surface area contributed by atoms with Crippen LogP contribution in [0.25, 0.3) is 10.1 Å². The van der Waals surface area contributed by atoms with Crippen molar-refractivity contribution in [2.45, 2.75) is 12.6 Å². The first-order valence-corrected chi connectivity index (χ1v) is 6.30. The minimum absolute atomic E-state index is 0.0974. The third kappa shape index (κ3) is 3.17. The average Bonchev–Trinajstić information content (AvgIpc) is 2.70. The van der Waals surface area contributed by atoms with Gasteiger partial charge in [0.2, 0.25) is 0 Å². The Morgan fingerprint density at radius 2 is 2.11 bits per heavy atom. The van der Waals surface area contributed by atoms with E-state index in [4.69, 9.17) is 0 Å². The molecule has 0 spiro atoms. The summed E-state index contributed by atoms with van der Waals surface area (Å²) in [4.78, 5) is 10.6. The summed E-state index contributed by atoms with van der Waals surface area (Å²) in [6.45, 7) is -0.0974. The third-order valence-electron chi connectivity index (χ3n) is 2.57. The molecule has 0 aliphatic carbocycles. The Hall–Kier alpha value is -1.76. The van der Waals surface area contributed by atoms with E-state index in [1.54, 1.807) is 18.2 Å².